The molecule has 0 bridgehead atoms. The summed E-state index contributed by atoms with van der Waals surface area (Å²) in [6, 6.07) is 5.15. The van der Waals surface area contributed by atoms with E-state index in [0.29, 0.717) is 18.0 Å². The predicted octanol–water partition coefficient (Wildman–Crippen LogP) is 3.44. The maximum Gasteiger partial charge on any atom is 0.416 e. The number of rotatable bonds is 6. The highest BCUT2D eigenvalue weighted by molar-refractivity contribution is 5.77. The van der Waals surface area contributed by atoms with Gasteiger partial charge in [0, 0.05) is 13.0 Å². The second-order valence-electron chi connectivity index (χ2n) is 6.67. The van der Waals surface area contributed by atoms with Crippen LogP contribution in [0.2, 0.25) is 0 Å². The van der Waals surface area contributed by atoms with Gasteiger partial charge in [-0.3, -0.25) is 4.79 Å². The van der Waals surface area contributed by atoms with Crippen LogP contribution < -0.4 is 11.1 Å². The number of nitrogens with one attached hydrogen (secondary N) is 1. The first kappa shape index (κ1) is 17.8. The molecule has 0 radical (unpaired) electrons. The molecule has 0 saturated heterocycles. The zero-order valence-electron chi connectivity index (χ0n) is 13.4. The molecule has 3 nitrogen and oxygen atoms in total. The quantitative estimate of drug-likeness (QED) is 0.840. The normalized spacial score (nSPS) is 19.0. The van der Waals surface area contributed by atoms with Gasteiger partial charge in [-0.2, -0.15) is 13.2 Å². The van der Waals surface area contributed by atoms with Crippen LogP contribution in [0, 0.1) is 5.92 Å². The number of amides is 1. The molecule has 0 spiro atoms. The largest absolute Gasteiger partial charge is 0.416 e. The van der Waals surface area contributed by atoms with E-state index in [4.69, 9.17) is 5.73 Å². The summed E-state index contributed by atoms with van der Waals surface area (Å²) in [6.45, 7) is 4.05. The van der Waals surface area contributed by atoms with Gasteiger partial charge in [-0.05, 0) is 43.2 Å². The number of benzene rings is 1. The molecule has 2 atom stereocenters. The highest BCUT2D eigenvalue weighted by Crippen LogP contribution is 2.39. The lowest BCUT2D eigenvalue weighted by Crippen LogP contribution is -2.53. The molecule has 1 amide bonds. The van der Waals surface area contributed by atoms with Crippen molar-refractivity contribution < 1.29 is 18.0 Å². The minimum atomic E-state index is -4.37. The summed E-state index contributed by atoms with van der Waals surface area (Å²) in [5.74, 6) is -0.0615. The number of carbonyl (C=O) groups is 1. The Morgan fingerprint density at radius 2 is 2.04 bits per heavy atom. The van der Waals surface area contributed by atoms with E-state index in [0.717, 1.165) is 25.0 Å². The van der Waals surface area contributed by atoms with Crippen LogP contribution >= 0.6 is 0 Å². The lowest BCUT2D eigenvalue weighted by atomic mass is 9.93. The number of hydrogen-bond acceptors (Lipinski definition) is 2. The topological polar surface area (TPSA) is 55.1 Å². The maximum absolute atomic E-state index is 12.8. The van der Waals surface area contributed by atoms with E-state index in [-0.39, 0.29) is 18.2 Å². The summed E-state index contributed by atoms with van der Waals surface area (Å²) in [7, 11) is 0. The molecule has 23 heavy (non-hydrogen) atoms. The molecule has 1 saturated carbocycles. The molecule has 0 aliphatic heterocycles. The van der Waals surface area contributed by atoms with Crippen LogP contribution in [0.15, 0.2) is 24.3 Å². The van der Waals surface area contributed by atoms with Crippen LogP contribution in [0.4, 0.5) is 13.2 Å². The van der Waals surface area contributed by atoms with Crippen molar-refractivity contribution in [1.82, 2.24) is 5.32 Å². The summed E-state index contributed by atoms with van der Waals surface area (Å²) >= 11 is 0. The predicted molar refractivity (Wildman–Crippen MR) is 82.8 cm³/mol. The Morgan fingerprint density at radius 1 is 1.39 bits per heavy atom. The van der Waals surface area contributed by atoms with Gasteiger partial charge in [-0.15, -0.1) is 0 Å². The molecule has 0 heterocycles. The fourth-order valence-electron chi connectivity index (χ4n) is 2.83. The first-order valence-corrected chi connectivity index (χ1v) is 7.84. The van der Waals surface area contributed by atoms with Gasteiger partial charge in [-0.25, -0.2) is 0 Å². The first-order valence-electron chi connectivity index (χ1n) is 7.84. The van der Waals surface area contributed by atoms with Crippen molar-refractivity contribution in [3.8, 4) is 0 Å². The highest BCUT2D eigenvalue weighted by atomic mass is 19.4. The van der Waals surface area contributed by atoms with Crippen LogP contribution in [0.1, 0.15) is 50.2 Å². The first-order chi connectivity index (χ1) is 10.7. The summed E-state index contributed by atoms with van der Waals surface area (Å²) in [6.07, 6.45) is -2.12. The molecular weight excluding hydrogens is 305 g/mol. The third kappa shape index (κ3) is 4.47. The third-order valence-corrected chi connectivity index (χ3v) is 4.60. The molecule has 6 heteroatoms. The maximum atomic E-state index is 12.8. The van der Waals surface area contributed by atoms with E-state index in [1.165, 1.54) is 6.07 Å². The third-order valence-electron chi connectivity index (χ3n) is 4.60. The number of alkyl halides is 3. The Labute approximate surface area is 134 Å². The van der Waals surface area contributed by atoms with E-state index in [1.807, 2.05) is 6.92 Å². The summed E-state index contributed by atoms with van der Waals surface area (Å²) in [5, 5.41) is 2.96. The van der Waals surface area contributed by atoms with E-state index in [1.54, 1.807) is 13.0 Å². The summed E-state index contributed by atoms with van der Waals surface area (Å²) in [4.78, 5) is 12.2. The van der Waals surface area contributed by atoms with Gasteiger partial charge in [-0.1, -0.05) is 25.1 Å². The minimum absolute atomic E-state index is 0.142. The zero-order chi connectivity index (χ0) is 17.3. The van der Waals surface area contributed by atoms with Crippen LogP contribution in [-0.4, -0.2) is 18.0 Å². The van der Waals surface area contributed by atoms with E-state index in [9.17, 15) is 18.0 Å². The summed E-state index contributed by atoms with van der Waals surface area (Å²) in [5.41, 5.74) is 5.18. The van der Waals surface area contributed by atoms with Crippen molar-refractivity contribution in [3.05, 3.63) is 35.4 Å². The highest BCUT2D eigenvalue weighted by Gasteiger charge is 2.41. The zero-order valence-corrected chi connectivity index (χ0v) is 13.4. The van der Waals surface area contributed by atoms with Crippen LogP contribution in [0.25, 0.3) is 0 Å². The number of carbonyl (C=O) groups excluding carboxylic acids is 1. The second-order valence-corrected chi connectivity index (χ2v) is 6.67. The molecule has 2 unspecified atom stereocenters. The molecule has 1 aromatic carbocycles. The summed E-state index contributed by atoms with van der Waals surface area (Å²) < 4.78 is 38.3. The Hall–Kier alpha value is -1.56. The molecule has 1 aliphatic rings. The minimum Gasteiger partial charge on any atom is -0.349 e. The van der Waals surface area contributed by atoms with Gasteiger partial charge >= 0.3 is 6.18 Å². The number of nitrogens with two attached hydrogens (primary N) is 1. The van der Waals surface area contributed by atoms with Crippen molar-refractivity contribution in [1.29, 1.82) is 0 Å². The molecule has 2 rings (SSSR count). The van der Waals surface area contributed by atoms with Crippen molar-refractivity contribution in [2.75, 3.05) is 6.54 Å². The average Bonchev–Trinajstić information content (AvgIpc) is 3.31. The van der Waals surface area contributed by atoms with Crippen LogP contribution in [0.5, 0.6) is 0 Å². The molecule has 1 aliphatic carbocycles. The molecular formula is C17H23F3N2O. The Kier molecular flexibility index (Phi) is 5.04. The van der Waals surface area contributed by atoms with E-state index >= 15 is 0 Å². The van der Waals surface area contributed by atoms with Gasteiger partial charge in [0.05, 0.1) is 11.1 Å². The van der Waals surface area contributed by atoms with Gasteiger partial charge in [0.2, 0.25) is 5.91 Å². The van der Waals surface area contributed by atoms with Crippen molar-refractivity contribution in [3.63, 3.8) is 0 Å². The molecule has 3 N–H and O–H groups in total. The molecule has 0 aromatic heterocycles. The smallest absolute Gasteiger partial charge is 0.349 e. The number of halogens is 3. The van der Waals surface area contributed by atoms with Crippen molar-refractivity contribution in [2.45, 2.75) is 50.7 Å². The fourth-order valence-corrected chi connectivity index (χ4v) is 2.83. The number of hydrogen-bond donors (Lipinski definition) is 2. The monoisotopic (exact) mass is 328 g/mol. The van der Waals surface area contributed by atoms with E-state index < -0.39 is 17.3 Å². The lowest BCUT2D eigenvalue weighted by molar-refractivity contribution is -0.137. The molecule has 1 fully saturated rings. The van der Waals surface area contributed by atoms with Crippen molar-refractivity contribution in [2.24, 2.45) is 11.7 Å². The van der Waals surface area contributed by atoms with Gasteiger partial charge in [0.15, 0.2) is 0 Å². The van der Waals surface area contributed by atoms with Crippen molar-refractivity contribution >= 4 is 5.91 Å². The van der Waals surface area contributed by atoms with Crippen LogP contribution in [0.3, 0.4) is 0 Å². The Bertz CT molecular complexity index is 569. The van der Waals surface area contributed by atoms with Gasteiger partial charge in [0.1, 0.15) is 0 Å². The van der Waals surface area contributed by atoms with Gasteiger partial charge < -0.3 is 11.1 Å². The standard InChI is InChI=1S/C17H23F3N2O/c1-11(12-4-3-5-14(9-12)17(18,19)20)8-15(23)22-16(2,10-21)13-6-7-13/h3-5,9,11,13H,6-8,10,21H2,1-2H3,(H,22,23). The molecule has 1 aromatic rings. The van der Waals surface area contributed by atoms with E-state index in [2.05, 4.69) is 5.32 Å². The fraction of sp³-hybridized carbons (Fsp3) is 0.588. The SMILES string of the molecule is CC(CC(=O)NC(C)(CN)C1CC1)c1cccc(C(F)(F)F)c1. The average molecular weight is 328 g/mol. The second kappa shape index (κ2) is 6.51. The Balaban J connectivity index is 2.01. The van der Waals surface area contributed by atoms with Crippen LogP contribution in [-0.2, 0) is 11.0 Å². The Morgan fingerprint density at radius 3 is 2.57 bits per heavy atom. The lowest BCUT2D eigenvalue weighted by Gasteiger charge is -2.30. The molecule has 128 valence electrons. The van der Waals surface area contributed by atoms with Gasteiger partial charge in [0.25, 0.3) is 0 Å².